The highest BCUT2D eigenvalue weighted by atomic mass is 35.5. The number of carbonyl (C=O) groups is 1. The van der Waals surface area contributed by atoms with E-state index in [4.69, 9.17) is 25.8 Å². The predicted molar refractivity (Wildman–Crippen MR) is 98.2 cm³/mol. The number of para-hydroxylation sites is 1. The van der Waals surface area contributed by atoms with Crippen LogP contribution in [0.15, 0.2) is 42.5 Å². The maximum Gasteiger partial charge on any atom is 0.326 e. The summed E-state index contributed by atoms with van der Waals surface area (Å²) >= 11 is 6.14. The lowest BCUT2D eigenvalue weighted by molar-refractivity contribution is -0.145. The van der Waals surface area contributed by atoms with Gasteiger partial charge < -0.3 is 18.8 Å². The molecule has 0 amide bonds. The van der Waals surface area contributed by atoms with Gasteiger partial charge in [0.05, 0.1) is 6.61 Å². The number of hydrogen-bond donors (Lipinski definition) is 0. The molecule has 1 aliphatic rings. The summed E-state index contributed by atoms with van der Waals surface area (Å²) in [5, 5.41) is 1.67. The molecule has 134 valence electrons. The third-order valence-corrected chi connectivity index (χ3v) is 4.66. The van der Waals surface area contributed by atoms with E-state index in [0.717, 1.165) is 27.7 Å². The Morgan fingerprint density at radius 1 is 1.27 bits per heavy atom. The molecule has 0 spiro atoms. The summed E-state index contributed by atoms with van der Waals surface area (Å²) in [5.74, 6) is 0.381. The molecule has 0 unspecified atom stereocenters. The van der Waals surface area contributed by atoms with Gasteiger partial charge in [-0.3, -0.25) is 4.79 Å². The zero-order valence-corrected chi connectivity index (χ0v) is 15.1. The number of nitrogens with zero attached hydrogens (tertiary/aromatic N) is 1. The van der Waals surface area contributed by atoms with Crippen LogP contribution < -0.4 is 4.74 Å². The maximum atomic E-state index is 12.4. The minimum Gasteiger partial charge on any atom is -0.467 e. The molecule has 0 aliphatic carbocycles. The molecular formula is C20H18ClNO4. The lowest BCUT2D eigenvalue weighted by atomic mass is 10.1. The molecule has 0 fully saturated rings. The number of carbonyl (C=O) groups excluding carboxylic acids is 1. The molecule has 0 saturated heterocycles. The number of benzene rings is 2. The third-order valence-electron chi connectivity index (χ3n) is 4.45. The zero-order valence-electron chi connectivity index (χ0n) is 14.3. The molecule has 1 aromatic heterocycles. The summed E-state index contributed by atoms with van der Waals surface area (Å²) in [6, 6.07) is 13.6. The number of aryl methyl sites for hydroxylation is 1. The van der Waals surface area contributed by atoms with Gasteiger partial charge in [-0.05, 0) is 36.6 Å². The number of rotatable bonds is 4. The molecule has 0 radical (unpaired) electrons. The Balaban J connectivity index is 1.49. The van der Waals surface area contributed by atoms with Crippen LogP contribution in [-0.2, 0) is 34.0 Å². The molecule has 6 heteroatoms. The van der Waals surface area contributed by atoms with Crippen LogP contribution in [0.5, 0.6) is 5.75 Å². The Bertz CT molecular complexity index is 979. The Hall–Kier alpha value is -2.50. The van der Waals surface area contributed by atoms with Gasteiger partial charge in [0.2, 0.25) is 0 Å². The summed E-state index contributed by atoms with van der Waals surface area (Å²) in [5.41, 5.74) is 3.65. The smallest absolute Gasteiger partial charge is 0.326 e. The van der Waals surface area contributed by atoms with E-state index in [-0.39, 0.29) is 25.9 Å². The molecule has 0 atom stereocenters. The normalized spacial score (nSPS) is 13.3. The molecule has 3 aromatic rings. The van der Waals surface area contributed by atoms with Gasteiger partial charge in [-0.1, -0.05) is 29.8 Å². The fourth-order valence-electron chi connectivity index (χ4n) is 3.26. The summed E-state index contributed by atoms with van der Waals surface area (Å²) in [4.78, 5) is 12.4. The van der Waals surface area contributed by atoms with Crippen LogP contribution in [0.3, 0.4) is 0 Å². The number of fused-ring (bicyclic) bond motifs is 2. The number of halogens is 1. The molecule has 4 rings (SSSR count). The van der Waals surface area contributed by atoms with E-state index in [1.54, 1.807) is 12.1 Å². The fourth-order valence-corrected chi connectivity index (χ4v) is 3.52. The highest BCUT2D eigenvalue weighted by molar-refractivity contribution is 6.30. The van der Waals surface area contributed by atoms with Crippen LogP contribution in [0.4, 0.5) is 0 Å². The van der Waals surface area contributed by atoms with Crippen LogP contribution in [-0.4, -0.2) is 17.3 Å². The third kappa shape index (κ3) is 3.28. The molecule has 2 aromatic carbocycles. The minimum atomic E-state index is -0.310. The van der Waals surface area contributed by atoms with Crippen molar-refractivity contribution in [3.05, 3.63) is 64.3 Å². The van der Waals surface area contributed by atoms with Gasteiger partial charge in [-0.15, -0.1) is 0 Å². The van der Waals surface area contributed by atoms with Crippen molar-refractivity contribution in [2.45, 2.75) is 26.7 Å². The molecular weight excluding hydrogens is 354 g/mol. The van der Waals surface area contributed by atoms with Gasteiger partial charge in [0.25, 0.3) is 0 Å². The Morgan fingerprint density at radius 2 is 2.12 bits per heavy atom. The molecule has 5 nitrogen and oxygen atoms in total. The standard InChI is InChI=1S/C20H18ClNO4/c1-13-6-14-4-2-3-5-18(14)22(13)9-19(23)25-11-16-8-17(21)7-15-10-24-12-26-20(15)16/h2-8H,9-12H2,1H3. The van der Waals surface area contributed by atoms with Crippen molar-refractivity contribution in [1.82, 2.24) is 4.57 Å². The Labute approximate surface area is 156 Å². The zero-order chi connectivity index (χ0) is 18.1. The van der Waals surface area contributed by atoms with Gasteiger partial charge in [0, 0.05) is 27.4 Å². The second-order valence-corrected chi connectivity index (χ2v) is 6.69. The van der Waals surface area contributed by atoms with E-state index < -0.39 is 0 Å². The van der Waals surface area contributed by atoms with Crippen molar-refractivity contribution in [1.29, 1.82) is 0 Å². The van der Waals surface area contributed by atoms with Crippen LogP contribution in [0.25, 0.3) is 10.9 Å². The van der Waals surface area contributed by atoms with Crippen molar-refractivity contribution < 1.29 is 19.0 Å². The number of esters is 1. The summed E-state index contributed by atoms with van der Waals surface area (Å²) in [6.45, 7) is 2.87. The lowest BCUT2D eigenvalue weighted by Crippen LogP contribution is -2.16. The van der Waals surface area contributed by atoms with Gasteiger partial charge >= 0.3 is 5.97 Å². The van der Waals surface area contributed by atoms with E-state index in [9.17, 15) is 4.79 Å². The largest absolute Gasteiger partial charge is 0.467 e. The first kappa shape index (κ1) is 16.9. The summed E-state index contributed by atoms with van der Waals surface area (Å²) < 4.78 is 18.3. The topological polar surface area (TPSA) is 49.7 Å². The molecule has 0 N–H and O–H groups in total. The molecule has 26 heavy (non-hydrogen) atoms. The molecule has 0 saturated carbocycles. The van der Waals surface area contributed by atoms with Crippen molar-refractivity contribution in [2.75, 3.05) is 6.79 Å². The minimum absolute atomic E-state index is 0.111. The van der Waals surface area contributed by atoms with Crippen molar-refractivity contribution in [3.8, 4) is 5.75 Å². The van der Waals surface area contributed by atoms with Crippen molar-refractivity contribution in [2.24, 2.45) is 0 Å². The van der Waals surface area contributed by atoms with Gasteiger partial charge in [-0.25, -0.2) is 0 Å². The van der Waals surface area contributed by atoms with Gasteiger partial charge in [-0.2, -0.15) is 0 Å². The first-order valence-electron chi connectivity index (χ1n) is 8.34. The molecule has 0 bridgehead atoms. The highest BCUT2D eigenvalue weighted by Gasteiger charge is 2.18. The van der Waals surface area contributed by atoms with Gasteiger partial charge in [0.15, 0.2) is 6.79 Å². The SMILES string of the molecule is Cc1cc2ccccc2n1CC(=O)OCc1cc(Cl)cc2c1OCOC2. The van der Waals surface area contributed by atoms with Gasteiger partial charge in [0.1, 0.15) is 18.9 Å². The summed E-state index contributed by atoms with van der Waals surface area (Å²) in [7, 11) is 0. The van der Waals surface area contributed by atoms with E-state index in [0.29, 0.717) is 17.4 Å². The molecule has 1 aliphatic heterocycles. The van der Waals surface area contributed by atoms with Crippen molar-refractivity contribution in [3.63, 3.8) is 0 Å². The first-order chi connectivity index (χ1) is 12.6. The Kier molecular flexibility index (Phi) is 4.57. The van der Waals surface area contributed by atoms with E-state index in [2.05, 4.69) is 6.07 Å². The van der Waals surface area contributed by atoms with E-state index >= 15 is 0 Å². The van der Waals surface area contributed by atoms with Crippen molar-refractivity contribution >= 4 is 28.5 Å². The maximum absolute atomic E-state index is 12.4. The quantitative estimate of drug-likeness (QED) is 0.644. The van der Waals surface area contributed by atoms with E-state index in [1.807, 2.05) is 35.8 Å². The second kappa shape index (κ2) is 7.02. The van der Waals surface area contributed by atoms with Crippen LogP contribution >= 0.6 is 11.6 Å². The molecule has 2 heterocycles. The average molecular weight is 372 g/mol. The predicted octanol–water partition coefficient (Wildman–Crippen LogP) is 4.21. The number of aromatic nitrogens is 1. The monoisotopic (exact) mass is 371 g/mol. The number of ether oxygens (including phenoxy) is 3. The van der Waals surface area contributed by atoms with Crippen LogP contribution in [0.1, 0.15) is 16.8 Å². The second-order valence-electron chi connectivity index (χ2n) is 6.26. The van der Waals surface area contributed by atoms with E-state index in [1.165, 1.54) is 0 Å². The Morgan fingerprint density at radius 3 is 3.00 bits per heavy atom. The average Bonchev–Trinajstić information content (AvgIpc) is 2.95. The summed E-state index contributed by atoms with van der Waals surface area (Å²) in [6.07, 6.45) is 0. The van der Waals surface area contributed by atoms with Crippen LogP contribution in [0.2, 0.25) is 5.02 Å². The lowest BCUT2D eigenvalue weighted by Gasteiger charge is -2.21. The number of hydrogen-bond acceptors (Lipinski definition) is 4. The highest BCUT2D eigenvalue weighted by Crippen LogP contribution is 2.32. The van der Waals surface area contributed by atoms with Crippen LogP contribution in [0, 0.1) is 6.92 Å². The first-order valence-corrected chi connectivity index (χ1v) is 8.72. The fraction of sp³-hybridized carbons (Fsp3) is 0.250.